The number of hydrogen-bond donors (Lipinski definition) is 1. The Morgan fingerprint density at radius 3 is 2.39 bits per heavy atom. The minimum atomic E-state index is -4.35. The smallest absolute Gasteiger partial charge is 0.416 e. The van der Waals surface area contributed by atoms with Gasteiger partial charge in [-0.1, -0.05) is 13.8 Å². The molecule has 1 aromatic rings. The second kappa shape index (κ2) is 6.09. The summed E-state index contributed by atoms with van der Waals surface area (Å²) in [6.07, 6.45) is -4.35. The Morgan fingerprint density at radius 2 is 1.89 bits per heavy atom. The lowest BCUT2D eigenvalue weighted by atomic mass is 10.1. The molecule has 1 aromatic carbocycles. The molecule has 102 valence electrons. The Bertz CT molecular complexity index is 388. The summed E-state index contributed by atoms with van der Waals surface area (Å²) in [5.41, 5.74) is -0.101. The van der Waals surface area contributed by atoms with Crippen molar-refractivity contribution in [1.29, 1.82) is 0 Å². The van der Waals surface area contributed by atoms with Gasteiger partial charge in [0.05, 0.1) is 12.2 Å². The summed E-state index contributed by atoms with van der Waals surface area (Å²) >= 11 is 0. The Balaban J connectivity index is 2.98. The van der Waals surface area contributed by atoms with Crippen LogP contribution in [-0.2, 0) is 12.7 Å². The molecule has 0 unspecified atom stereocenters. The predicted octanol–water partition coefficient (Wildman–Crippen LogP) is 3.60. The standard InChI is InChI=1S/C13H18F3NO/c1-4-18-12-6-10(8-17-9(2)3)5-11(7-12)13(14,15)16/h5-7,9,17H,4,8H2,1-3H3. The molecule has 1 N–H and O–H groups in total. The highest BCUT2D eigenvalue weighted by molar-refractivity contribution is 5.36. The van der Waals surface area contributed by atoms with E-state index in [2.05, 4.69) is 5.32 Å². The molecule has 0 aliphatic carbocycles. The van der Waals surface area contributed by atoms with Crippen LogP contribution in [0.3, 0.4) is 0 Å². The van der Waals surface area contributed by atoms with E-state index in [-0.39, 0.29) is 11.8 Å². The summed E-state index contributed by atoms with van der Waals surface area (Å²) in [6, 6.07) is 4.03. The molecule has 0 aromatic heterocycles. The van der Waals surface area contributed by atoms with Crippen molar-refractivity contribution in [3.63, 3.8) is 0 Å². The van der Waals surface area contributed by atoms with Gasteiger partial charge in [-0.05, 0) is 30.7 Å². The topological polar surface area (TPSA) is 21.3 Å². The zero-order valence-electron chi connectivity index (χ0n) is 10.8. The summed E-state index contributed by atoms with van der Waals surface area (Å²) in [4.78, 5) is 0. The third-order valence-electron chi connectivity index (χ3n) is 2.32. The maximum atomic E-state index is 12.7. The Hall–Kier alpha value is -1.23. The SMILES string of the molecule is CCOc1cc(CNC(C)C)cc(C(F)(F)F)c1. The van der Waals surface area contributed by atoms with E-state index < -0.39 is 11.7 Å². The highest BCUT2D eigenvalue weighted by Gasteiger charge is 2.31. The molecule has 0 amide bonds. The number of benzene rings is 1. The molecule has 0 heterocycles. The minimum Gasteiger partial charge on any atom is -0.494 e. The maximum absolute atomic E-state index is 12.7. The fraction of sp³-hybridized carbons (Fsp3) is 0.538. The third kappa shape index (κ3) is 4.56. The first kappa shape index (κ1) is 14.8. The molecule has 0 radical (unpaired) electrons. The van der Waals surface area contributed by atoms with Crippen LogP contribution in [0.25, 0.3) is 0 Å². The molecule has 1 rings (SSSR count). The van der Waals surface area contributed by atoms with E-state index in [1.54, 1.807) is 13.0 Å². The van der Waals surface area contributed by atoms with Crippen LogP contribution in [-0.4, -0.2) is 12.6 Å². The van der Waals surface area contributed by atoms with Gasteiger partial charge < -0.3 is 10.1 Å². The first-order valence-corrected chi connectivity index (χ1v) is 5.90. The number of halogens is 3. The summed E-state index contributed by atoms with van der Waals surface area (Å²) in [5, 5.41) is 3.09. The van der Waals surface area contributed by atoms with E-state index in [0.29, 0.717) is 18.7 Å². The van der Waals surface area contributed by atoms with Gasteiger partial charge in [0.25, 0.3) is 0 Å². The molecule has 0 aliphatic heterocycles. The molecular weight excluding hydrogens is 243 g/mol. The second-order valence-electron chi connectivity index (χ2n) is 4.33. The van der Waals surface area contributed by atoms with Gasteiger partial charge in [-0.3, -0.25) is 0 Å². The Kier molecular flexibility index (Phi) is 5.02. The van der Waals surface area contributed by atoms with Crippen LogP contribution in [0, 0.1) is 0 Å². The fourth-order valence-electron chi connectivity index (χ4n) is 1.50. The molecule has 0 saturated heterocycles. The number of ether oxygens (including phenoxy) is 1. The average molecular weight is 261 g/mol. The monoisotopic (exact) mass is 261 g/mol. The second-order valence-corrected chi connectivity index (χ2v) is 4.33. The molecule has 0 bridgehead atoms. The molecular formula is C13H18F3NO. The molecule has 5 heteroatoms. The lowest BCUT2D eigenvalue weighted by Gasteiger charge is -2.14. The summed E-state index contributed by atoms with van der Waals surface area (Å²) in [6.45, 7) is 6.36. The van der Waals surface area contributed by atoms with Crippen molar-refractivity contribution in [2.45, 2.75) is 39.5 Å². The van der Waals surface area contributed by atoms with Gasteiger partial charge >= 0.3 is 6.18 Å². The average Bonchev–Trinajstić information content (AvgIpc) is 2.25. The predicted molar refractivity (Wildman–Crippen MR) is 64.6 cm³/mol. The zero-order chi connectivity index (χ0) is 13.8. The quantitative estimate of drug-likeness (QED) is 0.874. The number of nitrogens with one attached hydrogen (secondary N) is 1. The van der Waals surface area contributed by atoms with Crippen molar-refractivity contribution in [1.82, 2.24) is 5.32 Å². The van der Waals surface area contributed by atoms with E-state index in [9.17, 15) is 13.2 Å². The van der Waals surface area contributed by atoms with Gasteiger partial charge in [-0.15, -0.1) is 0 Å². The van der Waals surface area contributed by atoms with Crippen LogP contribution >= 0.6 is 0 Å². The van der Waals surface area contributed by atoms with Gasteiger partial charge in [0.2, 0.25) is 0 Å². The van der Waals surface area contributed by atoms with Crippen LogP contribution < -0.4 is 10.1 Å². The van der Waals surface area contributed by atoms with E-state index in [1.165, 1.54) is 0 Å². The van der Waals surface area contributed by atoms with Crippen molar-refractivity contribution in [2.24, 2.45) is 0 Å². The zero-order valence-corrected chi connectivity index (χ0v) is 10.8. The first-order valence-electron chi connectivity index (χ1n) is 5.90. The van der Waals surface area contributed by atoms with Crippen molar-refractivity contribution in [2.75, 3.05) is 6.61 Å². The van der Waals surface area contributed by atoms with Crippen LogP contribution in [0.5, 0.6) is 5.75 Å². The minimum absolute atomic E-state index is 0.218. The molecule has 2 nitrogen and oxygen atoms in total. The first-order chi connectivity index (χ1) is 8.32. The van der Waals surface area contributed by atoms with Crippen LogP contribution in [0.4, 0.5) is 13.2 Å². The molecule has 0 aliphatic rings. The Labute approximate surface area is 105 Å². The number of alkyl halides is 3. The molecule has 18 heavy (non-hydrogen) atoms. The fourth-order valence-corrected chi connectivity index (χ4v) is 1.50. The van der Waals surface area contributed by atoms with Crippen molar-refractivity contribution >= 4 is 0 Å². The summed E-state index contributed by atoms with van der Waals surface area (Å²) in [7, 11) is 0. The van der Waals surface area contributed by atoms with Crippen molar-refractivity contribution < 1.29 is 17.9 Å². The lowest BCUT2D eigenvalue weighted by Crippen LogP contribution is -2.22. The molecule has 0 fully saturated rings. The van der Waals surface area contributed by atoms with Crippen LogP contribution in [0.15, 0.2) is 18.2 Å². The van der Waals surface area contributed by atoms with Gasteiger partial charge in [-0.25, -0.2) is 0 Å². The van der Waals surface area contributed by atoms with Gasteiger partial charge in [0.15, 0.2) is 0 Å². The largest absolute Gasteiger partial charge is 0.494 e. The van der Waals surface area contributed by atoms with Crippen LogP contribution in [0.2, 0.25) is 0 Å². The van der Waals surface area contributed by atoms with E-state index >= 15 is 0 Å². The number of rotatable bonds is 5. The highest BCUT2D eigenvalue weighted by Crippen LogP contribution is 2.32. The molecule has 0 saturated carbocycles. The van der Waals surface area contributed by atoms with E-state index in [4.69, 9.17) is 4.74 Å². The van der Waals surface area contributed by atoms with E-state index in [0.717, 1.165) is 12.1 Å². The summed E-state index contributed by atoms with van der Waals surface area (Å²) < 4.78 is 43.3. The number of hydrogen-bond acceptors (Lipinski definition) is 2. The van der Waals surface area contributed by atoms with Gasteiger partial charge in [0, 0.05) is 12.6 Å². The Morgan fingerprint density at radius 1 is 1.22 bits per heavy atom. The maximum Gasteiger partial charge on any atom is 0.416 e. The normalized spacial score (nSPS) is 11.9. The summed E-state index contributed by atoms with van der Waals surface area (Å²) in [5.74, 6) is 0.257. The van der Waals surface area contributed by atoms with Crippen molar-refractivity contribution in [3.05, 3.63) is 29.3 Å². The lowest BCUT2D eigenvalue weighted by molar-refractivity contribution is -0.137. The van der Waals surface area contributed by atoms with Crippen molar-refractivity contribution in [3.8, 4) is 5.75 Å². The third-order valence-corrected chi connectivity index (χ3v) is 2.32. The van der Waals surface area contributed by atoms with Gasteiger partial charge in [0.1, 0.15) is 5.75 Å². The molecule has 0 atom stereocenters. The molecule has 0 spiro atoms. The highest BCUT2D eigenvalue weighted by atomic mass is 19.4. The van der Waals surface area contributed by atoms with Crippen LogP contribution in [0.1, 0.15) is 31.9 Å². The van der Waals surface area contributed by atoms with Gasteiger partial charge in [-0.2, -0.15) is 13.2 Å². The van der Waals surface area contributed by atoms with E-state index in [1.807, 2.05) is 13.8 Å².